The lowest BCUT2D eigenvalue weighted by molar-refractivity contribution is -0.942. The molecule has 0 amide bonds. The predicted octanol–water partition coefficient (Wildman–Crippen LogP) is 1.06. The topological polar surface area (TPSA) is 63.5 Å². The lowest BCUT2D eigenvalue weighted by atomic mass is 9.97. The van der Waals surface area contributed by atoms with Crippen molar-refractivity contribution in [1.29, 1.82) is 0 Å². The zero-order valence-electron chi connectivity index (χ0n) is 15.5. The number of benzene rings is 1. The maximum atomic E-state index is 12.7. The van der Waals surface area contributed by atoms with Gasteiger partial charge in [0.2, 0.25) is 0 Å². The molecule has 0 aromatic heterocycles. The van der Waals surface area contributed by atoms with E-state index in [1.165, 1.54) is 19.4 Å². The highest BCUT2D eigenvalue weighted by atomic mass is 16.6. The van der Waals surface area contributed by atoms with Crippen molar-refractivity contribution < 1.29 is 24.3 Å². The molecule has 2 bridgehead atoms. The first-order valence-electron chi connectivity index (χ1n) is 10.1. The van der Waals surface area contributed by atoms with Crippen molar-refractivity contribution in [3.63, 3.8) is 0 Å². The number of ether oxygens (including phenoxy) is 2. The Balaban J connectivity index is 1.40. The van der Waals surface area contributed by atoms with Crippen molar-refractivity contribution in [3.05, 3.63) is 35.9 Å². The average molecular weight is 360 g/mol. The van der Waals surface area contributed by atoms with Gasteiger partial charge >= 0.3 is 5.97 Å². The molecule has 1 aromatic carbocycles. The van der Waals surface area contributed by atoms with Crippen molar-refractivity contribution in [1.82, 2.24) is 0 Å². The van der Waals surface area contributed by atoms with Gasteiger partial charge in [-0.05, 0) is 18.4 Å². The van der Waals surface area contributed by atoms with E-state index in [1.54, 1.807) is 4.90 Å². The number of unbranched alkanes of at least 4 members (excludes halogenated alkanes) is 1. The number of carbonyl (C=O) groups excluding carboxylic acids is 1. The van der Waals surface area contributed by atoms with Gasteiger partial charge in [-0.1, -0.05) is 43.7 Å². The standard InChI is InChI=1S/C21H29NO4/c1-2-3-11-22-17-10-9-15(12-18(22)20-19(17)26-20)25-21(24)16(13-23)14-7-5-4-6-8-14/h4-8,15-20,23H,2-3,9-13H2,1H3/p+1/t15-,16-,17+,18-,19-,20+/m1/s1. The third-order valence-corrected chi connectivity index (χ3v) is 6.39. The van der Waals surface area contributed by atoms with Gasteiger partial charge < -0.3 is 19.5 Å². The molecule has 2 N–H and O–H groups in total. The molecule has 0 radical (unpaired) electrons. The number of aliphatic hydroxyl groups excluding tert-OH is 1. The van der Waals surface area contributed by atoms with Crippen molar-refractivity contribution in [3.8, 4) is 0 Å². The van der Waals surface area contributed by atoms with Crippen LogP contribution < -0.4 is 4.90 Å². The molecule has 3 heterocycles. The molecule has 0 spiro atoms. The van der Waals surface area contributed by atoms with Crippen LogP contribution in [0.2, 0.25) is 0 Å². The molecule has 1 unspecified atom stereocenters. The van der Waals surface area contributed by atoms with Crippen LogP contribution in [-0.4, -0.2) is 54.6 Å². The Morgan fingerprint density at radius 3 is 2.77 bits per heavy atom. The molecule has 3 aliphatic rings. The minimum atomic E-state index is -0.592. The number of quaternary nitrogens is 1. The van der Waals surface area contributed by atoms with Gasteiger partial charge in [0.15, 0.2) is 0 Å². The van der Waals surface area contributed by atoms with Crippen LogP contribution in [0.3, 0.4) is 0 Å². The minimum Gasteiger partial charge on any atom is -0.462 e. The van der Waals surface area contributed by atoms with E-state index in [0.717, 1.165) is 24.8 Å². The second-order valence-corrected chi connectivity index (χ2v) is 7.97. The van der Waals surface area contributed by atoms with Crippen LogP contribution in [0.4, 0.5) is 0 Å². The van der Waals surface area contributed by atoms with Gasteiger partial charge in [0.25, 0.3) is 0 Å². The quantitative estimate of drug-likeness (QED) is 0.564. The number of hydrogen-bond acceptors (Lipinski definition) is 4. The highest BCUT2D eigenvalue weighted by Crippen LogP contribution is 2.39. The summed E-state index contributed by atoms with van der Waals surface area (Å²) in [5.74, 6) is -0.894. The van der Waals surface area contributed by atoms with Gasteiger partial charge in [0.1, 0.15) is 36.3 Å². The van der Waals surface area contributed by atoms with E-state index in [9.17, 15) is 9.90 Å². The summed E-state index contributed by atoms with van der Waals surface area (Å²) in [5.41, 5.74) is 0.816. The van der Waals surface area contributed by atoms with E-state index in [-0.39, 0.29) is 18.7 Å². The largest absolute Gasteiger partial charge is 0.462 e. The molecule has 1 aromatic rings. The number of rotatable bonds is 7. The number of epoxide rings is 1. The van der Waals surface area contributed by atoms with E-state index < -0.39 is 5.92 Å². The fraction of sp³-hybridized carbons (Fsp3) is 0.667. The molecule has 5 heteroatoms. The normalized spacial score (nSPS) is 36.1. The second-order valence-electron chi connectivity index (χ2n) is 7.97. The van der Waals surface area contributed by atoms with Crippen LogP contribution >= 0.6 is 0 Å². The summed E-state index contributed by atoms with van der Waals surface area (Å²) in [6.07, 6.45) is 6.06. The maximum absolute atomic E-state index is 12.7. The highest BCUT2D eigenvalue weighted by Gasteiger charge is 2.65. The van der Waals surface area contributed by atoms with Crippen molar-refractivity contribution >= 4 is 5.97 Å². The SMILES string of the molecule is CCCC[NH+]1[C@@H]2C[C@H](OC(=O)[C@H](CO)c3ccccc3)CC[C@H]1[C@H]1O[C@H]12. The number of nitrogens with one attached hydrogen (secondary N) is 1. The van der Waals surface area contributed by atoms with Crippen LogP contribution in [0.15, 0.2) is 30.3 Å². The smallest absolute Gasteiger partial charge is 0.316 e. The second kappa shape index (κ2) is 7.67. The summed E-state index contributed by atoms with van der Waals surface area (Å²) in [7, 11) is 0. The van der Waals surface area contributed by atoms with E-state index in [2.05, 4.69) is 6.92 Å². The Hall–Kier alpha value is -1.43. The van der Waals surface area contributed by atoms with Gasteiger partial charge in [-0.15, -0.1) is 0 Å². The molecule has 4 rings (SSSR count). The monoisotopic (exact) mass is 360 g/mol. The van der Waals surface area contributed by atoms with Crippen LogP contribution in [0.5, 0.6) is 0 Å². The summed E-state index contributed by atoms with van der Waals surface area (Å²) in [6.45, 7) is 3.22. The highest BCUT2D eigenvalue weighted by molar-refractivity contribution is 5.78. The first-order valence-corrected chi connectivity index (χ1v) is 10.1. The molecule has 0 saturated carbocycles. The van der Waals surface area contributed by atoms with Crippen molar-refractivity contribution in [2.24, 2.45) is 0 Å². The van der Waals surface area contributed by atoms with E-state index in [4.69, 9.17) is 9.47 Å². The van der Waals surface area contributed by atoms with Gasteiger partial charge in [0, 0.05) is 12.8 Å². The molecule has 142 valence electrons. The molecular formula is C21H30NO4+. The summed E-state index contributed by atoms with van der Waals surface area (Å²) < 4.78 is 11.8. The lowest BCUT2D eigenvalue weighted by Crippen LogP contribution is -3.18. The lowest BCUT2D eigenvalue weighted by Gasteiger charge is -2.27. The van der Waals surface area contributed by atoms with Crippen molar-refractivity contribution in [2.45, 2.75) is 75.3 Å². The third-order valence-electron chi connectivity index (χ3n) is 6.39. The Labute approximate surface area is 155 Å². The molecular weight excluding hydrogens is 330 g/mol. The van der Waals surface area contributed by atoms with E-state index in [1.807, 2.05) is 30.3 Å². The average Bonchev–Trinajstić information content (AvgIpc) is 3.39. The molecule has 3 saturated heterocycles. The molecule has 5 nitrogen and oxygen atoms in total. The Kier molecular flexibility index (Phi) is 5.30. The first kappa shape index (κ1) is 18.0. The molecule has 26 heavy (non-hydrogen) atoms. The Morgan fingerprint density at radius 2 is 2.04 bits per heavy atom. The molecule has 3 fully saturated rings. The minimum absolute atomic E-state index is 0.0583. The first-order chi connectivity index (χ1) is 12.7. The van der Waals surface area contributed by atoms with Gasteiger partial charge in [0.05, 0.1) is 13.2 Å². The number of esters is 1. The van der Waals surface area contributed by atoms with Gasteiger partial charge in [-0.2, -0.15) is 0 Å². The van der Waals surface area contributed by atoms with Gasteiger partial charge in [-0.3, -0.25) is 4.79 Å². The number of fused-ring (bicyclic) bond motifs is 5. The molecule has 3 aliphatic heterocycles. The van der Waals surface area contributed by atoms with Gasteiger partial charge in [-0.25, -0.2) is 0 Å². The van der Waals surface area contributed by atoms with Crippen LogP contribution in [0.25, 0.3) is 0 Å². The number of hydrogen-bond donors (Lipinski definition) is 2. The number of aliphatic hydroxyl groups is 1. The maximum Gasteiger partial charge on any atom is 0.316 e. The summed E-state index contributed by atoms with van der Waals surface area (Å²) in [6, 6.07) is 10.5. The summed E-state index contributed by atoms with van der Waals surface area (Å²) in [4.78, 5) is 14.4. The fourth-order valence-corrected chi connectivity index (χ4v) is 4.99. The number of carbonyl (C=O) groups is 1. The Morgan fingerprint density at radius 1 is 1.27 bits per heavy atom. The fourth-order valence-electron chi connectivity index (χ4n) is 4.99. The third kappa shape index (κ3) is 3.40. The van der Waals surface area contributed by atoms with Crippen LogP contribution in [-0.2, 0) is 14.3 Å². The summed E-state index contributed by atoms with van der Waals surface area (Å²) in [5, 5.41) is 9.70. The molecule has 7 atom stereocenters. The summed E-state index contributed by atoms with van der Waals surface area (Å²) >= 11 is 0. The predicted molar refractivity (Wildman–Crippen MR) is 97.0 cm³/mol. The zero-order valence-corrected chi connectivity index (χ0v) is 15.5. The zero-order chi connectivity index (χ0) is 18.1. The van der Waals surface area contributed by atoms with E-state index >= 15 is 0 Å². The Bertz CT molecular complexity index is 622. The van der Waals surface area contributed by atoms with Crippen LogP contribution in [0.1, 0.15) is 50.5 Å². The van der Waals surface area contributed by atoms with E-state index in [0.29, 0.717) is 24.3 Å². The van der Waals surface area contributed by atoms with Crippen LogP contribution in [0, 0.1) is 0 Å². The molecule has 0 aliphatic carbocycles. The number of morpholine rings is 1. The van der Waals surface area contributed by atoms with Crippen molar-refractivity contribution in [2.75, 3.05) is 13.2 Å².